The molecule has 0 fully saturated rings. The van der Waals surface area contributed by atoms with Gasteiger partial charge >= 0.3 is 21.1 Å². The molecule has 0 atom stereocenters. The Labute approximate surface area is 266 Å². The predicted octanol–water partition coefficient (Wildman–Crippen LogP) is 7.29. The molecule has 7 heteroatoms. The molecule has 6 nitrogen and oxygen atoms in total. The minimum atomic E-state index is -0.791. The van der Waals surface area contributed by atoms with Crippen LogP contribution in [0.2, 0.25) is 0 Å². The summed E-state index contributed by atoms with van der Waals surface area (Å²) in [6.07, 6.45) is 0. The first-order chi connectivity index (χ1) is 20.3. The van der Waals surface area contributed by atoms with Gasteiger partial charge in [0.05, 0.1) is 17.1 Å². The summed E-state index contributed by atoms with van der Waals surface area (Å²) in [5, 5.41) is 0. The van der Waals surface area contributed by atoms with Crippen LogP contribution in [0.15, 0.2) is 97.1 Å². The van der Waals surface area contributed by atoms with E-state index in [1.165, 1.54) is 0 Å². The first kappa shape index (κ1) is 28.7. The van der Waals surface area contributed by atoms with Gasteiger partial charge in [0.25, 0.3) is 0 Å². The standard InChI is InChI=1S/C36H28N6.Pt/c1-35(2)27-19-11-17-25(21-27)31-37-29(23-13-7-5-8-14-23)39-33(41-31)36(3,4)34-40-30(24-15-9-6-10-16-24)38-32(42-34)26-18-12-20-28(35)22-26;/h5-20H,1-4H3;/q-2;+2. The fourth-order valence-electron chi connectivity index (χ4n) is 5.16. The molecule has 0 aliphatic carbocycles. The molecule has 0 amide bonds. The van der Waals surface area contributed by atoms with Crippen LogP contribution in [0.3, 0.4) is 0 Å². The molecule has 2 aromatic heterocycles. The molecule has 6 aromatic rings. The fourth-order valence-corrected chi connectivity index (χ4v) is 5.16. The van der Waals surface area contributed by atoms with Crippen LogP contribution in [0, 0.1) is 12.1 Å². The van der Waals surface area contributed by atoms with E-state index in [1.54, 1.807) is 0 Å². The zero-order valence-electron chi connectivity index (χ0n) is 24.2. The minimum Gasteiger partial charge on any atom is -0.262 e. The van der Waals surface area contributed by atoms with Crippen molar-refractivity contribution in [3.8, 4) is 45.6 Å². The van der Waals surface area contributed by atoms with Crippen molar-refractivity contribution in [1.29, 1.82) is 0 Å². The molecule has 212 valence electrons. The number of rotatable bonds is 2. The summed E-state index contributed by atoms with van der Waals surface area (Å²) in [6.45, 7) is 8.44. The van der Waals surface area contributed by atoms with E-state index in [-0.39, 0.29) is 21.1 Å². The normalized spacial score (nSPS) is 14.2. The van der Waals surface area contributed by atoms with E-state index in [0.29, 0.717) is 34.9 Å². The van der Waals surface area contributed by atoms with Gasteiger partial charge in [0.15, 0.2) is 11.6 Å². The number of benzene rings is 4. The smallest absolute Gasteiger partial charge is 0.262 e. The summed E-state index contributed by atoms with van der Waals surface area (Å²) in [7, 11) is 0. The third kappa shape index (κ3) is 5.21. The van der Waals surface area contributed by atoms with Crippen molar-refractivity contribution in [2.24, 2.45) is 0 Å². The average Bonchev–Trinajstić information content (AvgIpc) is 3.05. The Morgan fingerprint density at radius 2 is 0.814 bits per heavy atom. The molecule has 0 saturated carbocycles. The zero-order valence-corrected chi connectivity index (χ0v) is 26.5. The second-order valence-corrected chi connectivity index (χ2v) is 11.6. The van der Waals surface area contributed by atoms with E-state index in [1.807, 2.05) is 98.8 Å². The van der Waals surface area contributed by atoms with Crippen molar-refractivity contribution in [2.75, 3.05) is 0 Å². The van der Waals surface area contributed by atoms with Gasteiger partial charge in [-0.1, -0.05) is 74.5 Å². The summed E-state index contributed by atoms with van der Waals surface area (Å²) >= 11 is 0. The van der Waals surface area contributed by atoms with E-state index < -0.39 is 10.8 Å². The van der Waals surface area contributed by atoms with Crippen molar-refractivity contribution in [2.45, 2.75) is 38.5 Å². The molecule has 3 heterocycles. The van der Waals surface area contributed by atoms with Crippen LogP contribution in [0.25, 0.3) is 45.6 Å². The number of nitrogens with zero attached hydrogens (tertiary/aromatic N) is 6. The van der Waals surface area contributed by atoms with E-state index >= 15 is 0 Å². The Morgan fingerprint density at radius 1 is 0.419 bits per heavy atom. The van der Waals surface area contributed by atoms with Crippen LogP contribution in [-0.4, -0.2) is 29.9 Å². The molecule has 0 radical (unpaired) electrons. The van der Waals surface area contributed by atoms with Gasteiger partial charge in [-0.15, -0.1) is 70.8 Å². The second-order valence-electron chi connectivity index (χ2n) is 11.6. The van der Waals surface area contributed by atoms with Crippen LogP contribution in [0.1, 0.15) is 50.5 Å². The Morgan fingerprint density at radius 3 is 1.23 bits per heavy atom. The van der Waals surface area contributed by atoms with Gasteiger partial charge in [0.2, 0.25) is 0 Å². The molecule has 7 rings (SSSR count). The van der Waals surface area contributed by atoms with Crippen LogP contribution < -0.4 is 0 Å². The largest absolute Gasteiger partial charge is 2.00 e. The topological polar surface area (TPSA) is 77.3 Å². The van der Waals surface area contributed by atoms with Crippen molar-refractivity contribution >= 4 is 0 Å². The van der Waals surface area contributed by atoms with Crippen molar-refractivity contribution < 1.29 is 21.1 Å². The minimum absolute atomic E-state index is 0. The summed E-state index contributed by atoms with van der Waals surface area (Å²) in [5.74, 6) is 3.41. The molecule has 4 aromatic carbocycles. The third-order valence-corrected chi connectivity index (χ3v) is 7.87. The van der Waals surface area contributed by atoms with E-state index in [0.717, 1.165) is 33.4 Å². The molecule has 1 aliphatic heterocycles. The van der Waals surface area contributed by atoms with E-state index in [4.69, 9.17) is 29.9 Å². The van der Waals surface area contributed by atoms with Gasteiger partial charge in [-0.3, -0.25) is 19.9 Å². The molecule has 43 heavy (non-hydrogen) atoms. The SMILES string of the molecule is CC1(C)c2[c-]c(ccc2)-c2nc(-c3ccccc3)nc(n2)C(C)(C)c2nc(nc(-c3ccccc3)n2)-c2[c-]c1ccc2.[Pt+2]. The van der Waals surface area contributed by atoms with Crippen molar-refractivity contribution in [3.05, 3.63) is 132 Å². The first-order valence-corrected chi connectivity index (χ1v) is 14.0. The molecule has 0 spiro atoms. The zero-order chi connectivity index (χ0) is 28.9. The Balaban J connectivity index is 0.00000329. The fraction of sp³-hybridized carbons (Fsp3) is 0.167. The Kier molecular flexibility index (Phi) is 7.35. The Bertz CT molecular complexity index is 1800. The second kappa shape index (κ2) is 11.0. The van der Waals surface area contributed by atoms with E-state index in [9.17, 15) is 0 Å². The molecule has 0 saturated heterocycles. The van der Waals surface area contributed by atoms with Gasteiger partial charge in [0.1, 0.15) is 11.6 Å². The number of aromatic nitrogens is 6. The van der Waals surface area contributed by atoms with Gasteiger partial charge in [-0.05, 0) is 19.3 Å². The van der Waals surface area contributed by atoms with Gasteiger partial charge in [-0.25, -0.2) is 9.97 Å². The van der Waals surface area contributed by atoms with Crippen LogP contribution in [0.4, 0.5) is 0 Å². The van der Waals surface area contributed by atoms with Gasteiger partial charge in [-0.2, -0.15) is 0 Å². The molecule has 0 N–H and O–H groups in total. The quantitative estimate of drug-likeness (QED) is 0.174. The molecule has 0 unspecified atom stereocenters. The molecule has 1 aliphatic rings. The maximum absolute atomic E-state index is 5.04. The summed E-state index contributed by atoms with van der Waals surface area (Å²) in [4.78, 5) is 30.0. The maximum atomic E-state index is 5.04. The number of hydrogen-bond donors (Lipinski definition) is 0. The molecular weight excluding hydrogens is 712 g/mol. The average molecular weight is 740 g/mol. The molecule has 8 bridgehead atoms. The Hall–Kier alpha value is -4.41. The summed E-state index contributed by atoms with van der Waals surface area (Å²) < 4.78 is 0. The van der Waals surface area contributed by atoms with Crippen molar-refractivity contribution in [3.63, 3.8) is 0 Å². The molecular formula is C36H28N6Pt. The van der Waals surface area contributed by atoms with Crippen LogP contribution >= 0.6 is 0 Å². The van der Waals surface area contributed by atoms with Crippen molar-refractivity contribution in [1.82, 2.24) is 29.9 Å². The van der Waals surface area contributed by atoms with Crippen LogP contribution in [0.5, 0.6) is 0 Å². The first-order valence-electron chi connectivity index (χ1n) is 14.0. The predicted molar refractivity (Wildman–Crippen MR) is 163 cm³/mol. The van der Waals surface area contributed by atoms with Gasteiger partial charge in [0, 0.05) is 11.1 Å². The van der Waals surface area contributed by atoms with E-state index in [2.05, 4.69) is 38.1 Å². The third-order valence-electron chi connectivity index (χ3n) is 7.87. The maximum Gasteiger partial charge on any atom is 2.00 e. The number of fused-ring (bicyclic) bond motifs is 10. The summed E-state index contributed by atoms with van der Waals surface area (Å²) in [6, 6.07) is 39.5. The van der Waals surface area contributed by atoms with Crippen LogP contribution in [-0.2, 0) is 31.9 Å². The monoisotopic (exact) mass is 739 g/mol. The summed E-state index contributed by atoms with van der Waals surface area (Å²) in [5.41, 5.74) is 4.22. The van der Waals surface area contributed by atoms with Gasteiger partial charge < -0.3 is 0 Å². The number of hydrogen-bond acceptors (Lipinski definition) is 6.